The lowest BCUT2D eigenvalue weighted by Crippen LogP contribution is -2.11. The zero-order chi connectivity index (χ0) is 15.6. The lowest BCUT2D eigenvalue weighted by molar-refractivity contribution is 0.103. The molecule has 6 nitrogen and oxygen atoms in total. The average molecular weight is 321 g/mol. The van der Waals surface area contributed by atoms with Crippen molar-refractivity contribution in [2.75, 3.05) is 5.32 Å². The number of anilines is 1. The van der Waals surface area contributed by atoms with Crippen LogP contribution in [0.5, 0.6) is 0 Å². The van der Waals surface area contributed by atoms with Gasteiger partial charge in [0.05, 0.1) is 16.5 Å². The Kier molecular flexibility index (Phi) is 4.09. The Morgan fingerprint density at radius 3 is 2.67 bits per heavy atom. The minimum atomic E-state index is -3.83. The molecule has 3 N–H and O–H groups in total. The van der Waals surface area contributed by atoms with Gasteiger partial charge in [-0.3, -0.25) is 4.79 Å². The smallest absolute Gasteiger partial charge is 0.266 e. The van der Waals surface area contributed by atoms with E-state index >= 15 is 0 Å². The molecule has 0 atom stereocenters. The van der Waals surface area contributed by atoms with Crippen LogP contribution in [0.25, 0.3) is 0 Å². The predicted octanol–water partition coefficient (Wildman–Crippen LogP) is 1.83. The number of hydrogen-bond donors (Lipinski definition) is 2. The third-order valence-corrected chi connectivity index (χ3v) is 5.29. The SMILES string of the molecule is Cc1cc(S(N)(=O)=O)sc1C(=O)Nc1cccc(C#N)c1. The molecule has 0 aliphatic rings. The molecule has 0 unspecified atom stereocenters. The summed E-state index contributed by atoms with van der Waals surface area (Å²) in [5.41, 5.74) is 1.41. The van der Waals surface area contributed by atoms with Crippen molar-refractivity contribution in [2.24, 2.45) is 5.14 Å². The Hall–Kier alpha value is -2.21. The highest BCUT2D eigenvalue weighted by Gasteiger charge is 2.19. The van der Waals surface area contributed by atoms with Gasteiger partial charge in [0.25, 0.3) is 5.91 Å². The number of carbonyl (C=O) groups is 1. The van der Waals surface area contributed by atoms with Crippen molar-refractivity contribution in [2.45, 2.75) is 11.1 Å². The van der Waals surface area contributed by atoms with Gasteiger partial charge in [0.1, 0.15) is 4.21 Å². The van der Waals surface area contributed by atoms with Gasteiger partial charge in [0.15, 0.2) is 0 Å². The van der Waals surface area contributed by atoms with Crippen LogP contribution >= 0.6 is 11.3 Å². The fraction of sp³-hybridized carbons (Fsp3) is 0.0769. The predicted molar refractivity (Wildman–Crippen MR) is 79.5 cm³/mol. The van der Waals surface area contributed by atoms with E-state index in [9.17, 15) is 13.2 Å². The largest absolute Gasteiger partial charge is 0.321 e. The fourth-order valence-electron chi connectivity index (χ4n) is 1.67. The second-order valence-corrected chi connectivity index (χ2v) is 7.11. The highest BCUT2D eigenvalue weighted by molar-refractivity contribution is 7.91. The number of sulfonamides is 1. The molecule has 0 bridgehead atoms. The van der Waals surface area contributed by atoms with Gasteiger partial charge in [-0.1, -0.05) is 6.07 Å². The van der Waals surface area contributed by atoms with E-state index in [0.717, 1.165) is 11.3 Å². The molecular formula is C13H11N3O3S2. The number of benzene rings is 1. The van der Waals surface area contributed by atoms with Crippen LogP contribution < -0.4 is 10.5 Å². The zero-order valence-corrected chi connectivity index (χ0v) is 12.6. The summed E-state index contributed by atoms with van der Waals surface area (Å²) in [5.74, 6) is -0.442. The van der Waals surface area contributed by atoms with Crippen LogP contribution in [0.1, 0.15) is 20.8 Å². The number of nitrogens with one attached hydrogen (secondary N) is 1. The van der Waals surface area contributed by atoms with Crippen LogP contribution in [0.3, 0.4) is 0 Å². The first-order valence-corrected chi connectivity index (χ1v) is 8.12. The first kappa shape index (κ1) is 15.2. The summed E-state index contributed by atoms with van der Waals surface area (Å²) >= 11 is 0.814. The number of carbonyl (C=O) groups excluding carboxylic acids is 1. The molecule has 108 valence electrons. The van der Waals surface area contributed by atoms with E-state index < -0.39 is 15.9 Å². The maximum Gasteiger partial charge on any atom is 0.266 e. The number of nitrogens with two attached hydrogens (primary N) is 1. The van der Waals surface area contributed by atoms with Gasteiger partial charge in [-0.25, -0.2) is 13.6 Å². The summed E-state index contributed by atoms with van der Waals surface area (Å²) in [6.07, 6.45) is 0. The van der Waals surface area contributed by atoms with Crippen LogP contribution in [0.15, 0.2) is 34.5 Å². The molecule has 0 spiro atoms. The Labute approximate surface area is 125 Å². The van der Waals surface area contributed by atoms with E-state index in [1.54, 1.807) is 25.1 Å². The molecule has 0 aliphatic heterocycles. The summed E-state index contributed by atoms with van der Waals surface area (Å²) in [6, 6.07) is 9.76. The molecule has 1 aromatic carbocycles. The number of primary sulfonamides is 1. The van der Waals surface area contributed by atoms with Gasteiger partial charge in [-0.05, 0) is 36.8 Å². The van der Waals surface area contributed by atoms with Gasteiger partial charge in [-0.15, -0.1) is 11.3 Å². The lowest BCUT2D eigenvalue weighted by atomic mass is 10.2. The first-order valence-electron chi connectivity index (χ1n) is 5.76. The van der Waals surface area contributed by atoms with Crippen LogP contribution in [0.4, 0.5) is 5.69 Å². The molecule has 0 fully saturated rings. The van der Waals surface area contributed by atoms with Crippen LogP contribution in [-0.4, -0.2) is 14.3 Å². The summed E-state index contributed by atoms with van der Waals surface area (Å²) in [5, 5.41) is 16.5. The maximum atomic E-state index is 12.2. The lowest BCUT2D eigenvalue weighted by Gasteiger charge is -2.04. The summed E-state index contributed by atoms with van der Waals surface area (Å²) in [7, 11) is -3.83. The third kappa shape index (κ3) is 3.46. The van der Waals surface area contributed by atoms with E-state index in [1.807, 2.05) is 6.07 Å². The molecule has 0 saturated heterocycles. The van der Waals surface area contributed by atoms with E-state index in [1.165, 1.54) is 12.1 Å². The number of amides is 1. The topological polar surface area (TPSA) is 113 Å². The van der Waals surface area contributed by atoms with Gasteiger partial charge in [0.2, 0.25) is 10.0 Å². The molecular weight excluding hydrogens is 310 g/mol. The Bertz CT molecular complexity index is 848. The summed E-state index contributed by atoms with van der Waals surface area (Å²) in [4.78, 5) is 12.4. The minimum absolute atomic E-state index is 0.0593. The van der Waals surface area contributed by atoms with Gasteiger partial charge in [-0.2, -0.15) is 5.26 Å². The van der Waals surface area contributed by atoms with Crippen molar-refractivity contribution < 1.29 is 13.2 Å². The van der Waals surface area contributed by atoms with Crippen molar-refractivity contribution in [1.29, 1.82) is 5.26 Å². The average Bonchev–Trinajstić information content (AvgIpc) is 2.81. The standard InChI is InChI=1S/C13H11N3O3S2/c1-8-5-11(21(15,18)19)20-12(8)13(17)16-10-4-2-3-9(6-10)7-14/h2-6H,1H3,(H,16,17)(H2,15,18,19). The third-order valence-electron chi connectivity index (χ3n) is 2.63. The van der Waals surface area contributed by atoms with E-state index in [4.69, 9.17) is 10.4 Å². The molecule has 1 heterocycles. The Balaban J connectivity index is 2.29. The first-order chi connectivity index (χ1) is 9.81. The van der Waals surface area contributed by atoms with E-state index in [2.05, 4.69) is 5.32 Å². The van der Waals surface area contributed by atoms with Crippen molar-refractivity contribution in [1.82, 2.24) is 0 Å². The number of nitriles is 1. The van der Waals surface area contributed by atoms with Crippen LogP contribution in [0, 0.1) is 18.3 Å². The molecule has 0 radical (unpaired) electrons. The number of hydrogen-bond acceptors (Lipinski definition) is 5. The minimum Gasteiger partial charge on any atom is -0.321 e. The number of nitrogens with zero attached hydrogens (tertiary/aromatic N) is 1. The molecule has 1 aromatic heterocycles. The monoisotopic (exact) mass is 321 g/mol. The van der Waals surface area contributed by atoms with Crippen LogP contribution in [0.2, 0.25) is 0 Å². The second kappa shape index (κ2) is 5.65. The second-order valence-electron chi connectivity index (χ2n) is 4.27. The fourth-order valence-corrected chi connectivity index (χ4v) is 3.53. The molecule has 8 heteroatoms. The quantitative estimate of drug-likeness (QED) is 0.897. The number of rotatable bonds is 3. The van der Waals surface area contributed by atoms with Crippen molar-refractivity contribution >= 4 is 33.0 Å². The molecule has 0 saturated carbocycles. The van der Waals surface area contributed by atoms with E-state index in [0.29, 0.717) is 16.8 Å². The molecule has 0 aliphatic carbocycles. The Morgan fingerprint density at radius 1 is 1.38 bits per heavy atom. The molecule has 2 rings (SSSR count). The van der Waals surface area contributed by atoms with Crippen molar-refractivity contribution in [3.63, 3.8) is 0 Å². The van der Waals surface area contributed by atoms with E-state index in [-0.39, 0.29) is 9.09 Å². The highest BCUT2D eigenvalue weighted by Crippen LogP contribution is 2.26. The summed E-state index contributed by atoms with van der Waals surface area (Å²) in [6.45, 7) is 1.63. The molecule has 21 heavy (non-hydrogen) atoms. The highest BCUT2D eigenvalue weighted by atomic mass is 32.2. The number of aryl methyl sites for hydroxylation is 1. The zero-order valence-electron chi connectivity index (χ0n) is 11.0. The van der Waals surface area contributed by atoms with Gasteiger partial charge < -0.3 is 5.32 Å². The summed E-state index contributed by atoms with van der Waals surface area (Å²) < 4.78 is 22.5. The maximum absolute atomic E-state index is 12.2. The van der Waals surface area contributed by atoms with Gasteiger partial charge in [0, 0.05) is 5.69 Å². The molecule has 1 amide bonds. The van der Waals surface area contributed by atoms with Crippen molar-refractivity contribution in [3.05, 3.63) is 46.3 Å². The normalized spacial score (nSPS) is 10.9. The van der Waals surface area contributed by atoms with Crippen molar-refractivity contribution in [3.8, 4) is 6.07 Å². The number of thiophene rings is 1. The van der Waals surface area contributed by atoms with Gasteiger partial charge >= 0.3 is 0 Å². The molecule has 2 aromatic rings. The van der Waals surface area contributed by atoms with Crippen LogP contribution in [-0.2, 0) is 10.0 Å². The Morgan fingerprint density at radius 2 is 2.10 bits per heavy atom.